The Morgan fingerprint density at radius 3 is 2.08 bits per heavy atom. The molecule has 2 aromatic carbocycles. The number of hydrogen-bond acceptors (Lipinski definition) is 7. The van der Waals surface area contributed by atoms with Crippen molar-refractivity contribution in [2.45, 2.75) is 130 Å². The van der Waals surface area contributed by atoms with Crippen LogP contribution in [0.4, 0.5) is 0 Å². The van der Waals surface area contributed by atoms with E-state index >= 15 is 0 Å². The maximum Gasteiger partial charge on any atom is 0.329 e. The van der Waals surface area contributed by atoms with Crippen LogP contribution in [0.25, 0.3) is 0 Å². The molecule has 52 heavy (non-hydrogen) atoms. The van der Waals surface area contributed by atoms with E-state index in [9.17, 15) is 19.2 Å². The van der Waals surface area contributed by atoms with Gasteiger partial charge in [0.15, 0.2) is 0 Å². The van der Waals surface area contributed by atoms with E-state index in [1.165, 1.54) is 39.0 Å². The molecule has 6 rings (SSSR count). The van der Waals surface area contributed by atoms with Gasteiger partial charge >= 0.3 is 17.9 Å². The first kappa shape index (κ1) is 38.1. The van der Waals surface area contributed by atoms with Gasteiger partial charge < -0.3 is 19.5 Å². The van der Waals surface area contributed by atoms with E-state index in [4.69, 9.17) is 14.2 Å². The number of carbonyl (C=O) groups is 4. The largest absolute Gasteiger partial charge is 0.462 e. The maximum atomic E-state index is 13.2. The summed E-state index contributed by atoms with van der Waals surface area (Å²) in [6.07, 6.45) is 11.1. The highest BCUT2D eigenvalue weighted by atomic mass is 16.5. The molecule has 1 amide bonds. The number of carbonyl (C=O) groups excluding carboxylic acids is 4. The molecule has 8 nitrogen and oxygen atoms in total. The predicted octanol–water partition coefficient (Wildman–Crippen LogP) is 8.36. The van der Waals surface area contributed by atoms with Crippen LogP contribution >= 0.6 is 0 Å². The van der Waals surface area contributed by atoms with Gasteiger partial charge in [0, 0.05) is 13.3 Å². The first-order valence-electron chi connectivity index (χ1n) is 19.8. The second-order valence-electron chi connectivity index (χ2n) is 17.0. The summed E-state index contributed by atoms with van der Waals surface area (Å²) < 4.78 is 17.1. The molecule has 0 radical (unpaired) electrons. The Kier molecular flexibility index (Phi) is 12.1. The van der Waals surface area contributed by atoms with Crippen LogP contribution in [0.15, 0.2) is 60.7 Å². The van der Waals surface area contributed by atoms with Gasteiger partial charge in [-0.1, -0.05) is 81.4 Å². The number of benzene rings is 2. The average Bonchev–Trinajstić information content (AvgIpc) is 3.50. The van der Waals surface area contributed by atoms with Crippen molar-refractivity contribution in [3.63, 3.8) is 0 Å². The highest BCUT2D eigenvalue weighted by molar-refractivity contribution is 5.87. The molecule has 0 heterocycles. The molecule has 0 aromatic heterocycles. The first-order chi connectivity index (χ1) is 25.0. The third-order valence-electron chi connectivity index (χ3n) is 14.0. The molecule has 2 aromatic rings. The lowest BCUT2D eigenvalue weighted by atomic mass is 9.44. The summed E-state index contributed by atoms with van der Waals surface area (Å²) >= 11 is 0. The summed E-state index contributed by atoms with van der Waals surface area (Å²) in [6, 6.07) is 18.1. The zero-order valence-corrected chi connectivity index (χ0v) is 31.6. The summed E-state index contributed by atoms with van der Waals surface area (Å²) in [5.74, 6) is 2.17. The standard InChI is InChI=1S/C44H59NO7/c1-29(15-20-40(47)50-27-31-11-7-5-8-12-31)36-18-19-37-35-17-16-33-25-34(21-23-43(33,3)38(35)22-24-44(36,37)4)52-41(48)26-39(45-30(2)46)42(49)51-28-32-13-9-6-10-14-32/h5-14,29,33-39H,15-28H2,1-4H3,(H,45,46)/t29-,33-,34+,35+,36-,37+,38+,39+,43+,44-/m1/s1. The van der Waals surface area contributed by atoms with E-state index in [1.54, 1.807) is 0 Å². The molecular formula is C44H59NO7. The summed E-state index contributed by atoms with van der Waals surface area (Å²) in [7, 11) is 0. The van der Waals surface area contributed by atoms with Gasteiger partial charge in [0.1, 0.15) is 25.4 Å². The fraction of sp³-hybridized carbons (Fsp3) is 0.636. The fourth-order valence-corrected chi connectivity index (χ4v) is 11.3. The molecule has 4 saturated carbocycles. The van der Waals surface area contributed by atoms with Crippen LogP contribution in [0.1, 0.15) is 116 Å². The monoisotopic (exact) mass is 713 g/mol. The predicted molar refractivity (Wildman–Crippen MR) is 198 cm³/mol. The van der Waals surface area contributed by atoms with E-state index in [2.05, 4.69) is 26.1 Å². The van der Waals surface area contributed by atoms with Crippen molar-refractivity contribution >= 4 is 23.8 Å². The fourth-order valence-electron chi connectivity index (χ4n) is 11.3. The topological polar surface area (TPSA) is 108 Å². The van der Waals surface area contributed by atoms with Crippen LogP contribution in [0.2, 0.25) is 0 Å². The molecule has 0 spiro atoms. The molecule has 4 fully saturated rings. The smallest absolute Gasteiger partial charge is 0.329 e. The van der Waals surface area contributed by atoms with Crippen molar-refractivity contribution in [3.8, 4) is 0 Å². The molecule has 0 aliphatic heterocycles. The van der Waals surface area contributed by atoms with Gasteiger partial charge in [-0.2, -0.15) is 0 Å². The average molecular weight is 714 g/mol. The van der Waals surface area contributed by atoms with E-state index in [-0.39, 0.29) is 30.5 Å². The second-order valence-corrected chi connectivity index (χ2v) is 17.0. The summed E-state index contributed by atoms with van der Waals surface area (Å²) in [5, 5.41) is 2.59. The number of rotatable bonds is 13. The number of amides is 1. The maximum absolute atomic E-state index is 13.2. The minimum Gasteiger partial charge on any atom is -0.462 e. The van der Waals surface area contributed by atoms with Crippen LogP contribution in [0.3, 0.4) is 0 Å². The Hall–Kier alpha value is -3.68. The SMILES string of the molecule is CC(=O)N[C@@H](CC(=O)O[C@H]1CC[C@@]2(C)[C@H](CC[C@@H]3[C@@H]2CC[C@]2(C)[C@@H]([C@H](C)CCC(=O)OCc4ccccc4)CC[C@@H]32)C1)C(=O)OCc1ccccc1. The zero-order chi connectivity index (χ0) is 36.9. The molecule has 8 heteroatoms. The number of esters is 3. The Labute approximate surface area is 310 Å². The first-order valence-corrected chi connectivity index (χ1v) is 19.8. The normalized spacial score (nSPS) is 31.8. The number of nitrogens with one attached hydrogen (secondary N) is 1. The van der Waals surface area contributed by atoms with E-state index in [0.717, 1.165) is 55.1 Å². The number of hydrogen-bond donors (Lipinski definition) is 1. The lowest BCUT2D eigenvalue weighted by Crippen LogP contribution is -2.54. The molecule has 0 saturated heterocycles. The van der Waals surface area contributed by atoms with Gasteiger partial charge in [-0.15, -0.1) is 0 Å². The molecular weight excluding hydrogens is 654 g/mol. The minimum absolute atomic E-state index is 0.0710. The van der Waals surface area contributed by atoms with E-state index in [0.29, 0.717) is 42.1 Å². The van der Waals surface area contributed by atoms with Gasteiger partial charge in [-0.25, -0.2) is 4.79 Å². The third kappa shape index (κ3) is 8.58. The molecule has 0 unspecified atom stereocenters. The van der Waals surface area contributed by atoms with Crippen molar-refractivity contribution in [3.05, 3.63) is 71.8 Å². The molecule has 10 atom stereocenters. The minimum atomic E-state index is -1.08. The summed E-state index contributed by atoms with van der Waals surface area (Å²) in [5.41, 5.74) is 2.41. The third-order valence-corrected chi connectivity index (χ3v) is 14.0. The van der Waals surface area contributed by atoms with Crippen molar-refractivity contribution in [2.75, 3.05) is 0 Å². The van der Waals surface area contributed by atoms with Crippen LogP contribution < -0.4 is 5.32 Å². The van der Waals surface area contributed by atoms with E-state index in [1.807, 2.05) is 60.7 Å². The van der Waals surface area contributed by atoms with Crippen molar-refractivity contribution in [2.24, 2.45) is 46.3 Å². The lowest BCUT2D eigenvalue weighted by Gasteiger charge is -2.61. The van der Waals surface area contributed by atoms with Gasteiger partial charge in [0.25, 0.3) is 0 Å². The lowest BCUT2D eigenvalue weighted by molar-refractivity contribution is -0.165. The highest BCUT2D eigenvalue weighted by Gasteiger charge is 2.60. The Morgan fingerprint density at radius 1 is 0.769 bits per heavy atom. The van der Waals surface area contributed by atoms with Crippen LogP contribution in [0, 0.1) is 46.3 Å². The van der Waals surface area contributed by atoms with Crippen molar-refractivity contribution in [1.82, 2.24) is 5.32 Å². The number of fused-ring (bicyclic) bond motifs is 5. The Bertz CT molecular complexity index is 1550. The van der Waals surface area contributed by atoms with Crippen LogP contribution in [0.5, 0.6) is 0 Å². The van der Waals surface area contributed by atoms with Crippen LogP contribution in [-0.4, -0.2) is 36.0 Å². The van der Waals surface area contributed by atoms with Gasteiger partial charge in [0.05, 0.1) is 6.42 Å². The van der Waals surface area contributed by atoms with Crippen molar-refractivity contribution < 1.29 is 33.4 Å². The second kappa shape index (κ2) is 16.6. The molecule has 1 N–H and O–H groups in total. The highest BCUT2D eigenvalue weighted by Crippen LogP contribution is 2.68. The van der Waals surface area contributed by atoms with Gasteiger partial charge in [0.2, 0.25) is 5.91 Å². The summed E-state index contributed by atoms with van der Waals surface area (Å²) in [6.45, 7) is 9.18. The molecule has 0 bridgehead atoms. The summed E-state index contributed by atoms with van der Waals surface area (Å²) in [4.78, 5) is 50.5. The number of ether oxygens (including phenoxy) is 3. The Balaban J connectivity index is 0.991. The quantitative estimate of drug-likeness (QED) is 0.164. The zero-order valence-electron chi connectivity index (χ0n) is 31.6. The van der Waals surface area contributed by atoms with E-state index < -0.39 is 23.9 Å². The molecule has 282 valence electrons. The molecule has 4 aliphatic rings. The van der Waals surface area contributed by atoms with Gasteiger partial charge in [-0.05, 0) is 122 Å². The van der Waals surface area contributed by atoms with Gasteiger partial charge in [-0.3, -0.25) is 14.4 Å². The van der Waals surface area contributed by atoms with Crippen molar-refractivity contribution in [1.29, 1.82) is 0 Å². The molecule has 4 aliphatic carbocycles. The van der Waals surface area contributed by atoms with Crippen LogP contribution in [-0.2, 0) is 46.6 Å². The Morgan fingerprint density at radius 2 is 1.40 bits per heavy atom.